The molecule has 0 saturated heterocycles. The quantitative estimate of drug-likeness (QED) is 0.172. The minimum Gasteiger partial charge on any atom is -0.490 e. The molecule has 13 nitrogen and oxygen atoms in total. The van der Waals surface area contributed by atoms with E-state index in [0.717, 1.165) is 0 Å². The van der Waals surface area contributed by atoms with Crippen molar-refractivity contribution < 1.29 is 19.2 Å². The Morgan fingerprint density at radius 2 is 1.66 bits per heavy atom. The first-order valence-electron chi connectivity index (χ1n) is 15.1. The number of nitrogens with zero attached hydrogens (tertiary/aromatic N) is 6. The van der Waals surface area contributed by atoms with Crippen LogP contribution in [0.2, 0.25) is 0 Å². The zero-order valence-electron chi connectivity index (χ0n) is 25.9. The van der Waals surface area contributed by atoms with Crippen molar-refractivity contribution in [2.45, 2.75) is 46.3 Å². The van der Waals surface area contributed by atoms with Gasteiger partial charge in [0.15, 0.2) is 17.3 Å². The van der Waals surface area contributed by atoms with Crippen molar-refractivity contribution in [2.75, 3.05) is 6.61 Å². The van der Waals surface area contributed by atoms with Crippen molar-refractivity contribution in [1.29, 1.82) is 0 Å². The molecule has 2 aromatic heterocycles. The Labute approximate surface area is 267 Å². The zero-order chi connectivity index (χ0) is 33.0. The second-order valence-electron chi connectivity index (χ2n) is 12.4. The summed E-state index contributed by atoms with van der Waals surface area (Å²) in [5.74, 6) is 0.704. The van der Waals surface area contributed by atoms with Crippen LogP contribution in [0.3, 0.4) is 0 Å². The van der Waals surface area contributed by atoms with Gasteiger partial charge in [-0.3, -0.25) is 24.5 Å². The number of nitro groups is 1. The first kappa shape index (κ1) is 29.8. The van der Waals surface area contributed by atoms with E-state index < -0.39 is 11.0 Å². The molecule has 7 rings (SSSR count). The number of hydrogen-bond acceptors (Lipinski definition) is 9. The number of nitro benzene ring substituents is 1. The monoisotopic (exact) mass is 634 g/mol. The van der Waals surface area contributed by atoms with Gasteiger partial charge >= 0.3 is 0 Å². The number of carbonyl (C=O) groups is 1. The SMILES string of the molecule is CCOc1cc(C2C3=C(CC(C)(C)CC3=O)n3c(=O)c4ccccc4c(=O)n32)ccc1OCc1cn(-c2ccc([N+](=O)[O-])cc2)nn1. The summed E-state index contributed by atoms with van der Waals surface area (Å²) in [7, 11) is 0. The topological polar surface area (TPSA) is 153 Å². The van der Waals surface area contributed by atoms with Crippen LogP contribution in [0.15, 0.2) is 88.1 Å². The number of hydrogen-bond donors (Lipinski definition) is 0. The number of fused-ring (bicyclic) bond motifs is 3. The first-order chi connectivity index (χ1) is 22.6. The molecule has 0 N–H and O–H groups in total. The molecule has 0 radical (unpaired) electrons. The molecule has 0 amide bonds. The highest BCUT2D eigenvalue weighted by molar-refractivity contribution is 6.04. The minimum atomic E-state index is -0.826. The number of rotatable bonds is 8. The molecule has 47 heavy (non-hydrogen) atoms. The summed E-state index contributed by atoms with van der Waals surface area (Å²) in [6, 6.07) is 17.0. The highest BCUT2D eigenvalue weighted by Gasteiger charge is 2.44. The van der Waals surface area contributed by atoms with Gasteiger partial charge in [-0.25, -0.2) is 14.0 Å². The number of aromatic nitrogens is 5. The van der Waals surface area contributed by atoms with Crippen molar-refractivity contribution >= 4 is 27.9 Å². The van der Waals surface area contributed by atoms with Gasteiger partial charge in [-0.05, 0) is 60.7 Å². The Morgan fingerprint density at radius 1 is 0.936 bits per heavy atom. The standard InChI is InChI=1S/C34H30N6O7/c1-4-46-29-15-20(9-14-28(29)47-19-21-18-37(36-35-21)22-10-12-23(13-11-22)40(44)45)31-30-26(16-34(2,3)17-27(30)41)38-32(42)24-7-5-6-8-25(24)33(43)39(31)38/h5-15,18,31H,4,16-17,19H2,1-3H3. The van der Waals surface area contributed by atoms with Crippen LogP contribution in [-0.2, 0) is 11.4 Å². The van der Waals surface area contributed by atoms with Crippen molar-refractivity contribution in [3.63, 3.8) is 0 Å². The summed E-state index contributed by atoms with van der Waals surface area (Å²) in [4.78, 5) is 52.2. The lowest BCUT2D eigenvalue weighted by atomic mass is 9.74. The molecule has 3 aromatic carbocycles. The van der Waals surface area contributed by atoms with E-state index in [9.17, 15) is 24.5 Å². The van der Waals surface area contributed by atoms with E-state index >= 15 is 0 Å². The van der Waals surface area contributed by atoms with E-state index in [1.165, 1.54) is 26.2 Å². The summed E-state index contributed by atoms with van der Waals surface area (Å²) in [6.07, 6.45) is 2.41. The number of ether oxygens (including phenoxy) is 2. The van der Waals surface area contributed by atoms with Gasteiger partial charge in [-0.1, -0.05) is 37.3 Å². The molecule has 0 saturated carbocycles. The number of benzene rings is 3. The molecule has 5 aromatic rings. The van der Waals surface area contributed by atoms with Crippen molar-refractivity contribution in [2.24, 2.45) is 5.41 Å². The first-order valence-corrected chi connectivity index (χ1v) is 15.1. The summed E-state index contributed by atoms with van der Waals surface area (Å²) in [6.45, 7) is 6.17. The van der Waals surface area contributed by atoms with Crippen LogP contribution in [0.4, 0.5) is 5.69 Å². The molecule has 13 heteroatoms. The molecule has 238 valence electrons. The van der Waals surface area contributed by atoms with Crippen LogP contribution in [0.1, 0.15) is 50.9 Å². The van der Waals surface area contributed by atoms with Gasteiger partial charge in [0.2, 0.25) is 0 Å². The Kier molecular flexibility index (Phi) is 7.11. The molecule has 2 aliphatic rings. The lowest BCUT2D eigenvalue weighted by molar-refractivity contribution is -0.384. The van der Waals surface area contributed by atoms with E-state index in [4.69, 9.17) is 9.47 Å². The van der Waals surface area contributed by atoms with E-state index in [1.54, 1.807) is 60.8 Å². The fourth-order valence-electron chi connectivity index (χ4n) is 6.45. The predicted octanol–water partition coefficient (Wildman–Crippen LogP) is 4.83. The Bertz CT molecular complexity index is 2240. The van der Waals surface area contributed by atoms with E-state index in [2.05, 4.69) is 10.3 Å². The van der Waals surface area contributed by atoms with Gasteiger partial charge in [-0.15, -0.1) is 5.10 Å². The van der Waals surface area contributed by atoms with Crippen LogP contribution >= 0.6 is 0 Å². The molecule has 0 bridgehead atoms. The van der Waals surface area contributed by atoms with Crippen molar-refractivity contribution in [3.8, 4) is 17.2 Å². The molecular formula is C34H30N6O7. The number of carbonyl (C=O) groups excluding carboxylic acids is 1. The van der Waals surface area contributed by atoms with Crippen molar-refractivity contribution in [1.82, 2.24) is 24.4 Å². The maximum absolute atomic E-state index is 14.0. The average molecular weight is 635 g/mol. The van der Waals surface area contributed by atoms with E-state index in [0.29, 0.717) is 64.5 Å². The number of Topliss-reactive ketones (excluding diaryl/α,β-unsaturated/α-hetero) is 1. The summed E-state index contributed by atoms with van der Waals surface area (Å²) >= 11 is 0. The fourth-order valence-corrected chi connectivity index (χ4v) is 6.45. The molecule has 1 aliphatic carbocycles. The number of allylic oxidation sites excluding steroid dienone is 2. The van der Waals surface area contributed by atoms with Crippen molar-refractivity contribution in [3.05, 3.63) is 121 Å². The largest absolute Gasteiger partial charge is 0.490 e. The molecule has 3 heterocycles. The number of ketones is 1. The minimum absolute atomic E-state index is 0.0279. The molecule has 0 fully saturated rings. The maximum atomic E-state index is 14.0. The number of non-ortho nitro benzene ring substituents is 1. The maximum Gasteiger partial charge on any atom is 0.277 e. The second-order valence-corrected chi connectivity index (χ2v) is 12.4. The predicted molar refractivity (Wildman–Crippen MR) is 172 cm³/mol. The van der Waals surface area contributed by atoms with E-state index in [1.807, 2.05) is 20.8 Å². The molecule has 1 atom stereocenters. The summed E-state index contributed by atoms with van der Waals surface area (Å²) in [5, 5.41) is 19.8. The highest BCUT2D eigenvalue weighted by atomic mass is 16.6. The van der Waals surface area contributed by atoms with Crippen LogP contribution in [-0.4, -0.2) is 41.7 Å². The Morgan fingerprint density at radius 3 is 2.36 bits per heavy atom. The third-order valence-corrected chi connectivity index (χ3v) is 8.50. The average Bonchev–Trinajstić information content (AvgIpc) is 3.66. The molecule has 1 unspecified atom stereocenters. The summed E-state index contributed by atoms with van der Waals surface area (Å²) in [5.41, 5.74) is 1.59. The Hall–Kier alpha value is -5.85. The van der Waals surface area contributed by atoms with Gasteiger partial charge < -0.3 is 9.47 Å². The van der Waals surface area contributed by atoms with Crippen LogP contribution < -0.4 is 20.6 Å². The zero-order valence-corrected chi connectivity index (χ0v) is 25.9. The van der Waals surface area contributed by atoms with Crippen LogP contribution in [0.5, 0.6) is 11.5 Å². The van der Waals surface area contributed by atoms with Gasteiger partial charge in [-0.2, -0.15) is 0 Å². The Balaban J connectivity index is 1.25. The van der Waals surface area contributed by atoms with Gasteiger partial charge in [0.05, 0.1) is 39.9 Å². The van der Waals surface area contributed by atoms with Gasteiger partial charge in [0, 0.05) is 24.1 Å². The lowest BCUT2D eigenvalue weighted by Gasteiger charge is -2.30. The normalized spacial score (nSPS) is 16.7. The molecule has 0 spiro atoms. The van der Waals surface area contributed by atoms with Gasteiger partial charge in [0.1, 0.15) is 18.3 Å². The highest BCUT2D eigenvalue weighted by Crippen LogP contribution is 2.47. The molecule has 1 aliphatic heterocycles. The van der Waals surface area contributed by atoms with Crippen LogP contribution in [0, 0.1) is 15.5 Å². The van der Waals surface area contributed by atoms with Crippen LogP contribution in [0.25, 0.3) is 22.2 Å². The summed E-state index contributed by atoms with van der Waals surface area (Å²) < 4.78 is 16.4. The second kappa shape index (κ2) is 11.2. The third-order valence-electron chi connectivity index (χ3n) is 8.50. The smallest absolute Gasteiger partial charge is 0.277 e. The fraction of sp³-hybridized carbons (Fsp3) is 0.265. The van der Waals surface area contributed by atoms with Gasteiger partial charge in [0.25, 0.3) is 16.8 Å². The van der Waals surface area contributed by atoms with E-state index in [-0.39, 0.29) is 40.0 Å². The third kappa shape index (κ3) is 5.09. The molecular weight excluding hydrogens is 604 g/mol. The lowest BCUT2D eigenvalue weighted by Crippen LogP contribution is -2.37.